The third-order valence-corrected chi connectivity index (χ3v) is 4.67. The van der Waals surface area contributed by atoms with Crippen molar-refractivity contribution >= 4 is 21.6 Å². The van der Waals surface area contributed by atoms with Crippen molar-refractivity contribution in [2.45, 2.75) is 25.2 Å². The van der Waals surface area contributed by atoms with Crippen LogP contribution in [0.25, 0.3) is 0 Å². The Morgan fingerprint density at radius 1 is 1.32 bits per heavy atom. The van der Waals surface area contributed by atoms with Crippen LogP contribution in [-0.2, 0) is 14.8 Å². The molecule has 3 N–H and O–H groups in total. The summed E-state index contributed by atoms with van der Waals surface area (Å²) in [5.74, 6) is 1.03. The number of hydrogen-bond acceptors (Lipinski definition) is 4. The Kier molecular flexibility index (Phi) is 5.20. The van der Waals surface area contributed by atoms with Gasteiger partial charge in [-0.25, -0.2) is 13.6 Å². The van der Waals surface area contributed by atoms with Crippen molar-refractivity contribution in [1.82, 2.24) is 4.90 Å². The van der Waals surface area contributed by atoms with Crippen molar-refractivity contribution in [2.24, 2.45) is 17.0 Å². The first-order chi connectivity index (χ1) is 10.2. The van der Waals surface area contributed by atoms with Crippen molar-refractivity contribution < 1.29 is 13.2 Å². The molecule has 0 aliphatic carbocycles. The monoisotopic (exact) mass is 325 g/mol. The number of carbonyl (C=O) groups is 1. The molecule has 0 radical (unpaired) electrons. The number of rotatable bonds is 4. The van der Waals surface area contributed by atoms with E-state index in [0.717, 1.165) is 13.1 Å². The van der Waals surface area contributed by atoms with Gasteiger partial charge in [0.25, 0.3) is 0 Å². The third kappa shape index (κ3) is 4.79. The fraction of sp³-hybridized carbons (Fsp3) is 0.533. The Bertz CT molecular complexity index is 635. The Labute approximate surface area is 131 Å². The van der Waals surface area contributed by atoms with Gasteiger partial charge in [0.1, 0.15) is 0 Å². The molecule has 1 heterocycles. The molecule has 0 spiro atoms. The van der Waals surface area contributed by atoms with Gasteiger partial charge < -0.3 is 5.32 Å². The molecule has 122 valence electrons. The molecule has 1 amide bonds. The number of primary sulfonamides is 1. The van der Waals surface area contributed by atoms with Crippen molar-refractivity contribution in [3.63, 3.8) is 0 Å². The number of nitrogens with zero attached hydrogens (tertiary/aromatic N) is 1. The lowest BCUT2D eigenvalue weighted by Crippen LogP contribution is -2.42. The van der Waals surface area contributed by atoms with Gasteiger partial charge in [0.15, 0.2) is 0 Å². The van der Waals surface area contributed by atoms with E-state index in [0.29, 0.717) is 24.1 Å². The van der Waals surface area contributed by atoms with Crippen LogP contribution in [0.3, 0.4) is 0 Å². The summed E-state index contributed by atoms with van der Waals surface area (Å²) in [5.41, 5.74) is 0.439. The third-order valence-electron chi connectivity index (χ3n) is 3.76. The van der Waals surface area contributed by atoms with Crippen LogP contribution in [0.2, 0.25) is 0 Å². The van der Waals surface area contributed by atoms with E-state index in [1.165, 1.54) is 18.6 Å². The molecule has 0 aromatic heterocycles. The van der Waals surface area contributed by atoms with Crippen molar-refractivity contribution in [3.05, 3.63) is 24.3 Å². The SMILES string of the molecule is C[C@H]1C[C@H](C)CN(CC(=O)Nc2cccc(S(N)(=O)=O)c2)C1. The van der Waals surface area contributed by atoms with Crippen LogP contribution in [0, 0.1) is 11.8 Å². The number of hydrogen-bond donors (Lipinski definition) is 2. The van der Waals surface area contributed by atoms with E-state index < -0.39 is 10.0 Å². The number of anilines is 1. The van der Waals surface area contributed by atoms with Gasteiger partial charge in [-0.05, 0) is 36.5 Å². The van der Waals surface area contributed by atoms with Gasteiger partial charge in [0, 0.05) is 18.8 Å². The largest absolute Gasteiger partial charge is 0.325 e. The Balaban J connectivity index is 1.97. The highest BCUT2D eigenvalue weighted by Gasteiger charge is 2.23. The van der Waals surface area contributed by atoms with E-state index in [1.54, 1.807) is 12.1 Å². The van der Waals surface area contributed by atoms with E-state index >= 15 is 0 Å². The van der Waals surface area contributed by atoms with Crippen LogP contribution < -0.4 is 10.5 Å². The summed E-state index contributed by atoms with van der Waals surface area (Å²) in [6.07, 6.45) is 1.19. The molecule has 1 aromatic carbocycles. The minimum atomic E-state index is -3.76. The fourth-order valence-corrected chi connectivity index (χ4v) is 3.64. The van der Waals surface area contributed by atoms with Crippen LogP contribution in [-0.4, -0.2) is 38.9 Å². The maximum Gasteiger partial charge on any atom is 0.238 e. The fourth-order valence-electron chi connectivity index (χ4n) is 3.08. The predicted molar refractivity (Wildman–Crippen MR) is 85.8 cm³/mol. The molecule has 1 fully saturated rings. The molecule has 1 aliphatic heterocycles. The molecule has 2 atom stereocenters. The molecule has 0 unspecified atom stereocenters. The zero-order valence-electron chi connectivity index (χ0n) is 13.0. The lowest BCUT2D eigenvalue weighted by Gasteiger charge is -2.34. The summed E-state index contributed by atoms with van der Waals surface area (Å²) in [7, 11) is -3.76. The first-order valence-corrected chi connectivity index (χ1v) is 8.93. The number of sulfonamides is 1. The molecule has 6 nitrogen and oxygen atoms in total. The van der Waals surface area contributed by atoms with E-state index in [9.17, 15) is 13.2 Å². The number of benzene rings is 1. The Hall–Kier alpha value is -1.44. The number of nitrogens with two attached hydrogens (primary N) is 1. The molecule has 7 heteroatoms. The van der Waals surface area contributed by atoms with Crippen LogP contribution >= 0.6 is 0 Å². The van der Waals surface area contributed by atoms with E-state index in [-0.39, 0.29) is 10.8 Å². The average Bonchev–Trinajstić information content (AvgIpc) is 2.36. The summed E-state index contributed by atoms with van der Waals surface area (Å²) >= 11 is 0. The molecular formula is C15H23N3O3S. The van der Waals surface area contributed by atoms with Gasteiger partial charge in [-0.2, -0.15) is 0 Å². The predicted octanol–water partition coefficient (Wildman–Crippen LogP) is 1.25. The first kappa shape index (κ1) is 16.9. The Morgan fingerprint density at radius 3 is 2.55 bits per heavy atom. The summed E-state index contributed by atoms with van der Waals surface area (Å²) in [6, 6.07) is 5.97. The number of amides is 1. The van der Waals surface area contributed by atoms with Crippen molar-refractivity contribution in [3.8, 4) is 0 Å². The van der Waals surface area contributed by atoms with Gasteiger partial charge in [-0.15, -0.1) is 0 Å². The number of carbonyl (C=O) groups excluding carboxylic acids is 1. The van der Waals surface area contributed by atoms with E-state index in [1.807, 2.05) is 0 Å². The first-order valence-electron chi connectivity index (χ1n) is 7.39. The minimum Gasteiger partial charge on any atom is -0.325 e. The zero-order chi connectivity index (χ0) is 16.3. The van der Waals surface area contributed by atoms with Gasteiger partial charge in [-0.3, -0.25) is 9.69 Å². The lowest BCUT2D eigenvalue weighted by molar-refractivity contribution is -0.117. The van der Waals surface area contributed by atoms with Crippen molar-refractivity contribution in [2.75, 3.05) is 25.0 Å². The molecule has 1 saturated heterocycles. The minimum absolute atomic E-state index is 0.00878. The molecule has 0 saturated carbocycles. The second kappa shape index (κ2) is 6.76. The zero-order valence-corrected chi connectivity index (χ0v) is 13.8. The molecule has 22 heavy (non-hydrogen) atoms. The summed E-state index contributed by atoms with van der Waals surface area (Å²) < 4.78 is 22.6. The standard InChI is InChI=1S/C15H23N3O3S/c1-11-6-12(2)9-18(8-11)10-15(19)17-13-4-3-5-14(7-13)22(16,20)21/h3-5,7,11-12H,6,8-10H2,1-2H3,(H,17,19)(H2,16,20,21)/t11-,12-/m0/s1. The molecule has 2 rings (SSSR count). The van der Waals surface area contributed by atoms with Gasteiger partial charge >= 0.3 is 0 Å². The van der Waals surface area contributed by atoms with Crippen molar-refractivity contribution in [1.29, 1.82) is 0 Å². The highest BCUT2D eigenvalue weighted by atomic mass is 32.2. The lowest BCUT2D eigenvalue weighted by atomic mass is 9.92. The quantitative estimate of drug-likeness (QED) is 0.871. The summed E-state index contributed by atoms with van der Waals surface area (Å²) in [4.78, 5) is 14.2. The van der Waals surface area contributed by atoms with Crippen LogP contribution in [0.5, 0.6) is 0 Å². The van der Waals surface area contributed by atoms with E-state index in [4.69, 9.17) is 5.14 Å². The van der Waals surface area contributed by atoms with Gasteiger partial charge in [0.05, 0.1) is 11.4 Å². The maximum absolute atomic E-state index is 12.1. The van der Waals surface area contributed by atoms with Crippen LogP contribution in [0.15, 0.2) is 29.2 Å². The smallest absolute Gasteiger partial charge is 0.238 e. The second-order valence-electron chi connectivity index (χ2n) is 6.26. The summed E-state index contributed by atoms with van der Waals surface area (Å²) in [6.45, 7) is 6.52. The van der Waals surface area contributed by atoms with Gasteiger partial charge in [0.2, 0.25) is 15.9 Å². The normalized spacial score (nSPS) is 23.2. The van der Waals surface area contributed by atoms with E-state index in [2.05, 4.69) is 24.1 Å². The highest BCUT2D eigenvalue weighted by molar-refractivity contribution is 7.89. The Morgan fingerprint density at radius 2 is 1.95 bits per heavy atom. The topological polar surface area (TPSA) is 92.5 Å². The van der Waals surface area contributed by atoms with Crippen LogP contribution in [0.4, 0.5) is 5.69 Å². The highest BCUT2D eigenvalue weighted by Crippen LogP contribution is 2.21. The number of piperidine rings is 1. The second-order valence-corrected chi connectivity index (χ2v) is 7.82. The number of nitrogens with one attached hydrogen (secondary N) is 1. The number of likely N-dealkylation sites (tertiary alicyclic amines) is 1. The summed E-state index contributed by atoms with van der Waals surface area (Å²) in [5, 5.41) is 7.82. The van der Waals surface area contributed by atoms with Crippen LogP contribution in [0.1, 0.15) is 20.3 Å². The van der Waals surface area contributed by atoms with Gasteiger partial charge in [-0.1, -0.05) is 19.9 Å². The maximum atomic E-state index is 12.1. The molecule has 1 aliphatic rings. The molecule has 0 bridgehead atoms. The molecule has 1 aromatic rings. The average molecular weight is 325 g/mol. The molecular weight excluding hydrogens is 302 g/mol.